The first-order chi connectivity index (χ1) is 9.54. The lowest BCUT2D eigenvalue weighted by atomic mass is 10.1. The molecule has 0 aliphatic heterocycles. The summed E-state index contributed by atoms with van der Waals surface area (Å²) in [5, 5.41) is 8.07. The van der Waals surface area contributed by atoms with E-state index in [0.717, 1.165) is 6.54 Å². The molecule has 1 aromatic heterocycles. The van der Waals surface area contributed by atoms with E-state index in [4.69, 9.17) is 0 Å². The Bertz CT molecular complexity index is 565. The third kappa shape index (κ3) is 2.93. The summed E-state index contributed by atoms with van der Waals surface area (Å²) in [5.74, 6) is 0.689. The average molecular weight is 269 g/mol. The third-order valence-electron chi connectivity index (χ3n) is 3.91. The van der Waals surface area contributed by atoms with Crippen LogP contribution in [0.25, 0.3) is 0 Å². The first kappa shape index (κ1) is 13.4. The number of rotatable bonds is 4. The van der Waals surface area contributed by atoms with Gasteiger partial charge in [-0.25, -0.2) is 0 Å². The Balaban J connectivity index is 1.53. The standard InChI is InChI=1S/C17H23N3/c1-17(2,3)20-12-13(11-19-20)10-18-16-9-15(16)14-7-5-4-6-8-14/h4-8,11-12,15-16,18H,9-10H2,1-3H3. The SMILES string of the molecule is CC(C)(C)n1cc(CNC2CC2c2ccccc2)cn1. The van der Waals surface area contributed by atoms with Crippen molar-refractivity contribution in [2.45, 2.75) is 51.2 Å². The van der Waals surface area contributed by atoms with Crippen LogP contribution in [-0.2, 0) is 12.1 Å². The second kappa shape index (κ2) is 5.06. The van der Waals surface area contributed by atoms with E-state index in [1.165, 1.54) is 17.5 Å². The molecule has 1 aliphatic carbocycles. The second-order valence-corrected chi connectivity index (χ2v) is 6.70. The van der Waals surface area contributed by atoms with Crippen LogP contribution in [0, 0.1) is 0 Å². The first-order valence-electron chi connectivity index (χ1n) is 7.36. The quantitative estimate of drug-likeness (QED) is 0.923. The molecule has 0 saturated heterocycles. The number of nitrogens with zero attached hydrogens (tertiary/aromatic N) is 2. The Labute approximate surface area is 121 Å². The van der Waals surface area contributed by atoms with Crippen LogP contribution in [0.2, 0.25) is 0 Å². The smallest absolute Gasteiger partial charge is 0.0543 e. The normalized spacial score (nSPS) is 21.9. The number of hydrogen-bond donors (Lipinski definition) is 1. The van der Waals surface area contributed by atoms with Gasteiger partial charge in [-0.15, -0.1) is 0 Å². The maximum absolute atomic E-state index is 4.44. The third-order valence-corrected chi connectivity index (χ3v) is 3.91. The number of hydrogen-bond acceptors (Lipinski definition) is 2. The number of benzene rings is 1. The molecular formula is C17H23N3. The Kier molecular flexibility index (Phi) is 3.38. The molecule has 2 atom stereocenters. The van der Waals surface area contributed by atoms with Crippen molar-refractivity contribution >= 4 is 0 Å². The van der Waals surface area contributed by atoms with Crippen LogP contribution in [0.1, 0.15) is 44.2 Å². The predicted octanol–water partition coefficient (Wildman–Crippen LogP) is 3.28. The van der Waals surface area contributed by atoms with Gasteiger partial charge < -0.3 is 5.32 Å². The van der Waals surface area contributed by atoms with Crippen LogP contribution >= 0.6 is 0 Å². The van der Waals surface area contributed by atoms with Crippen molar-refractivity contribution in [2.75, 3.05) is 0 Å². The lowest BCUT2D eigenvalue weighted by molar-refractivity contribution is 0.355. The van der Waals surface area contributed by atoms with E-state index in [2.05, 4.69) is 67.7 Å². The lowest BCUT2D eigenvalue weighted by Gasteiger charge is -2.18. The van der Waals surface area contributed by atoms with E-state index in [1.54, 1.807) is 0 Å². The molecule has 1 fully saturated rings. The Morgan fingerprint density at radius 3 is 2.65 bits per heavy atom. The van der Waals surface area contributed by atoms with Crippen molar-refractivity contribution in [1.29, 1.82) is 0 Å². The summed E-state index contributed by atoms with van der Waals surface area (Å²) in [6, 6.07) is 11.4. The van der Waals surface area contributed by atoms with Gasteiger partial charge in [-0.3, -0.25) is 4.68 Å². The molecule has 2 unspecified atom stereocenters. The summed E-state index contributed by atoms with van der Waals surface area (Å²) in [4.78, 5) is 0. The molecule has 3 rings (SSSR count). The van der Waals surface area contributed by atoms with E-state index < -0.39 is 0 Å². The summed E-state index contributed by atoms with van der Waals surface area (Å²) in [6.07, 6.45) is 5.36. The highest BCUT2D eigenvalue weighted by Crippen LogP contribution is 2.40. The fraction of sp³-hybridized carbons (Fsp3) is 0.471. The fourth-order valence-electron chi connectivity index (χ4n) is 2.56. The van der Waals surface area contributed by atoms with Crippen LogP contribution in [0.3, 0.4) is 0 Å². The molecule has 1 N–H and O–H groups in total. The van der Waals surface area contributed by atoms with Crippen molar-refractivity contribution < 1.29 is 0 Å². The van der Waals surface area contributed by atoms with Gasteiger partial charge in [-0.2, -0.15) is 5.10 Å². The van der Waals surface area contributed by atoms with Gasteiger partial charge in [0, 0.05) is 30.3 Å². The van der Waals surface area contributed by atoms with Crippen molar-refractivity contribution in [3.63, 3.8) is 0 Å². The van der Waals surface area contributed by atoms with Gasteiger partial charge in [-0.1, -0.05) is 30.3 Å². The number of nitrogens with one attached hydrogen (secondary N) is 1. The molecule has 2 aromatic rings. The molecule has 0 spiro atoms. The molecule has 3 heteroatoms. The van der Waals surface area contributed by atoms with Crippen LogP contribution in [-0.4, -0.2) is 15.8 Å². The molecule has 0 radical (unpaired) electrons. The lowest BCUT2D eigenvalue weighted by Crippen LogP contribution is -2.22. The molecule has 20 heavy (non-hydrogen) atoms. The number of aromatic nitrogens is 2. The Hall–Kier alpha value is -1.61. The monoisotopic (exact) mass is 269 g/mol. The molecule has 1 heterocycles. The highest BCUT2D eigenvalue weighted by molar-refractivity contribution is 5.27. The topological polar surface area (TPSA) is 29.9 Å². The minimum absolute atomic E-state index is 0.0599. The highest BCUT2D eigenvalue weighted by atomic mass is 15.3. The molecular weight excluding hydrogens is 246 g/mol. The van der Waals surface area contributed by atoms with Crippen molar-refractivity contribution in [3.05, 3.63) is 53.9 Å². The van der Waals surface area contributed by atoms with E-state index in [9.17, 15) is 0 Å². The summed E-state index contributed by atoms with van der Waals surface area (Å²) in [7, 11) is 0. The predicted molar refractivity (Wildman–Crippen MR) is 81.7 cm³/mol. The van der Waals surface area contributed by atoms with Crippen LogP contribution in [0.4, 0.5) is 0 Å². The second-order valence-electron chi connectivity index (χ2n) is 6.70. The van der Waals surface area contributed by atoms with Gasteiger partial charge in [0.15, 0.2) is 0 Å². The molecule has 0 amide bonds. The maximum atomic E-state index is 4.44. The van der Waals surface area contributed by atoms with Crippen molar-refractivity contribution in [1.82, 2.24) is 15.1 Å². The molecule has 1 aliphatic rings. The highest BCUT2D eigenvalue weighted by Gasteiger charge is 2.37. The largest absolute Gasteiger partial charge is 0.309 e. The van der Waals surface area contributed by atoms with Gasteiger partial charge in [0.1, 0.15) is 0 Å². The van der Waals surface area contributed by atoms with Gasteiger partial charge in [0.2, 0.25) is 0 Å². The zero-order valence-electron chi connectivity index (χ0n) is 12.5. The molecule has 1 aromatic carbocycles. The molecule has 1 saturated carbocycles. The van der Waals surface area contributed by atoms with E-state index in [0.29, 0.717) is 12.0 Å². The van der Waals surface area contributed by atoms with Gasteiger partial charge >= 0.3 is 0 Å². The van der Waals surface area contributed by atoms with E-state index in [1.807, 2.05) is 10.9 Å². The Morgan fingerprint density at radius 1 is 1.25 bits per heavy atom. The van der Waals surface area contributed by atoms with E-state index >= 15 is 0 Å². The zero-order chi connectivity index (χ0) is 14.2. The Morgan fingerprint density at radius 2 is 2.00 bits per heavy atom. The minimum atomic E-state index is 0.0599. The van der Waals surface area contributed by atoms with Gasteiger partial charge in [0.05, 0.1) is 11.7 Å². The fourth-order valence-corrected chi connectivity index (χ4v) is 2.56. The summed E-state index contributed by atoms with van der Waals surface area (Å²) < 4.78 is 2.03. The molecule has 3 nitrogen and oxygen atoms in total. The zero-order valence-corrected chi connectivity index (χ0v) is 12.5. The van der Waals surface area contributed by atoms with E-state index in [-0.39, 0.29) is 5.54 Å². The minimum Gasteiger partial charge on any atom is -0.309 e. The van der Waals surface area contributed by atoms with Crippen LogP contribution < -0.4 is 5.32 Å². The maximum Gasteiger partial charge on any atom is 0.0543 e. The van der Waals surface area contributed by atoms with Gasteiger partial charge in [-0.05, 0) is 32.8 Å². The van der Waals surface area contributed by atoms with Gasteiger partial charge in [0.25, 0.3) is 0 Å². The van der Waals surface area contributed by atoms with Crippen molar-refractivity contribution in [3.8, 4) is 0 Å². The summed E-state index contributed by atoms with van der Waals surface area (Å²) >= 11 is 0. The van der Waals surface area contributed by atoms with Crippen LogP contribution in [0.5, 0.6) is 0 Å². The summed E-state index contributed by atoms with van der Waals surface area (Å²) in [5.41, 5.74) is 2.78. The molecule has 0 bridgehead atoms. The molecule has 106 valence electrons. The van der Waals surface area contributed by atoms with Crippen LogP contribution in [0.15, 0.2) is 42.7 Å². The average Bonchev–Trinajstić information content (AvgIpc) is 3.03. The van der Waals surface area contributed by atoms with Crippen molar-refractivity contribution in [2.24, 2.45) is 0 Å². The first-order valence-corrected chi connectivity index (χ1v) is 7.36. The summed E-state index contributed by atoms with van der Waals surface area (Å²) in [6.45, 7) is 7.42.